The van der Waals surface area contributed by atoms with Gasteiger partial charge in [-0.15, -0.1) is 0 Å². The van der Waals surface area contributed by atoms with Gasteiger partial charge in [0, 0.05) is 11.8 Å². The molecule has 0 aromatic heterocycles. The molecule has 0 saturated carbocycles. The fraction of sp³-hybridized carbons (Fsp3) is 0.429. The number of halogens is 2. The number of amides is 1. The van der Waals surface area contributed by atoms with Crippen LogP contribution in [-0.2, 0) is 9.59 Å². The van der Waals surface area contributed by atoms with Gasteiger partial charge in [-0.2, -0.15) is 0 Å². The van der Waals surface area contributed by atoms with Crippen molar-refractivity contribution >= 4 is 17.6 Å². The quantitative estimate of drug-likeness (QED) is 0.721. The number of benzene rings is 1. The molecule has 7 heteroatoms. The van der Waals surface area contributed by atoms with Gasteiger partial charge in [-0.05, 0) is 25.5 Å². The highest BCUT2D eigenvalue weighted by atomic mass is 19.2. The fourth-order valence-corrected chi connectivity index (χ4v) is 1.77. The van der Waals surface area contributed by atoms with E-state index in [-0.39, 0.29) is 5.69 Å². The van der Waals surface area contributed by atoms with Crippen LogP contribution in [0.3, 0.4) is 0 Å². The minimum atomic E-state index is -1.07. The second-order valence-corrected chi connectivity index (χ2v) is 4.69. The summed E-state index contributed by atoms with van der Waals surface area (Å²) in [7, 11) is 0. The molecule has 2 atom stereocenters. The van der Waals surface area contributed by atoms with Gasteiger partial charge in [-0.3, -0.25) is 14.9 Å². The van der Waals surface area contributed by atoms with Crippen LogP contribution in [0.2, 0.25) is 0 Å². The van der Waals surface area contributed by atoms with Crippen LogP contribution in [0.5, 0.6) is 0 Å². The van der Waals surface area contributed by atoms with Crippen molar-refractivity contribution in [2.75, 3.05) is 5.32 Å². The summed E-state index contributed by atoms with van der Waals surface area (Å²) in [5.41, 5.74) is 0.106. The third-order valence-corrected chi connectivity index (χ3v) is 2.91. The zero-order valence-corrected chi connectivity index (χ0v) is 11.8. The van der Waals surface area contributed by atoms with Gasteiger partial charge in [0.05, 0.1) is 6.04 Å². The lowest BCUT2D eigenvalue weighted by atomic mass is 10.1. The van der Waals surface area contributed by atoms with E-state index in [1.165, 1.54) is 13.0 Å². The summed E-state index contributed by atoms with van der Waals surface area (Å²) in [4.78, 5) is 22.9. The molecule has 21 heavy (non-hydrogen) atoms. The minimum Gasteiger partial charge on any atom is -0.480 e. The zero-order chi connectivity index (χ0) is 16.0. The summed E-state index contributed by atoms with van der Waals surface area (Å²) in [5.74, 6) is -3.64. The number of carbonyl (C=O) groups excluding carboxylic acids is 1. The van der Waals surface area contributed by atoms with Gasteiger partial charge in [-0.25, -0.2) is 8.78 Å². The van der Waals surface area contributed by atoms with Crippen molar-refractivity contribution in [3.8, 4) is 0 Å². The first kappa shape index (κ1) is 17.0. The molecule has 0 spiro atoms. The molecule has 0 saturated heterocycles. The topological polar surface area (TPSA) is 78.4 Å². The molecule has 1 aromatic carbocycles. The molecule has 1 amide bonds. The van der Waals surface area contributed by atoms with Gasteiger partial charge in [0.1, 0.15) is 6.04 Å². The Morgan fingerprint density at radius 2 is 1.95 bits per heavy atom. The van der Waals surface area contributed by atoms with E-state index in [4.69, 9.17) is 5.11 Å². The van der Waals surface area contributed by atoms with E-state index in [2.05, 4.69) is 10.6 Å². The largest absolute Gasteiger partial charge is 0.480 e. The van der Waals surface area contributed by atoms with Crippen LogP contribution < -0.4 is 10.6 Å². The fourth-order valence-electron chi connectivity index (χ4n) is 1.77. The Morgan fingerprint density at radius 1 is 1.29 bits per heavy atom. The van der Waals surface area contributed by atoms with E-state index in [9.17, 15) is 18.4 Å². The molecule has 0 heterocycles. The molecule has 0 aliphatic heterocycles. The first-order valence-corrected chi connectivity index (χ1v) is 6.60. The van der Waals surface area contributed by atoms with E-state index < -0.39 is 35.6 Å². The summed E-state index contributed by atoms with van der Waals surface area (Å²) >= 11 is 0. The van der Waals surface area contributed by atoms with Crippen LogP contribution in [0, 0.1) is 11.6 Å². The van der Waals surface area contributed by atoms with Crippen molar-refractivity contribution in [1.82, 2.24) is 5.32 Å². The molecule has 0 radical (unpaired) electrons. The van der Waals surface area contributed by atoms with Crippen LogP contribution in [0.4, 0.5) is 14.5 Å². The molecule has 1 rings (SSSR count). The van der Waals surface area contributed by atoms with Gasteiger partial charge in [0.15, 0.2) is 11.6 Å². The summed E-state index contributed by atoms with van der Waals surface area (Å²) in [5, 5.41) is 14.1. The van der Waals surface area contributed by atoms with Crippen molar-refractivity contribution in [1.29, 1.82) is 0 Å². The molecule has 3 N–H and O–H groups in total. The standard InChI is InChI=1S/C14H18F2N2O3/c1-3-4-12(14(20)21)17-8(2)13(19)18-9-5-6-10(15)11(16)7-9/h5-8,12,17H,3-4H2,1-2H3,(H,18,19)(H,20,21). The normalized spacial score (nSPS) is 13.5. The number of carbonyl (C=O) groups is 2. The number of carboxylic acid groups (broad SMARTS) is 1. The number of hydrogen-bond donors (Lipinski definition) is 3. The highest BCUT2D eigenvalue weighted by Gasteiger charge is 2.22. The Balaban J connectivity index is 2.65. The van der Waals surface area contributed by atoms with Gasteiger partial charge in [0.2, 0.25) is 5.91 Å². The van der Waals surface area contributed by atoms with Crippen LogP contribution in [0.25, 0.3) is 0 Å². The second-order valence-electron chi connectivity index (χ2n) is 4.69. The van der Waals surface area contributed by atoms with E-state index in [0.717, 1.165) is 12.1 Å². The number of anilines is 1. The van der Waals surface area contributed by atoms with Crippen molar-refractivity contribution in [2.24, 2.45) is 0 Å². The molecule has 2 unspecified atom stereocenters. The molecular weight excluding hydrogens is 282 g/mol. The maximum Gasteiger partial charge on any atom is 0.320 e. The third-order valence-electron chi connectivity index (χ3n) is 2.91. The molecule has 1 aromatic rings. The zero-order valence-electron chi connectivity index (χ0n) is 11.8. The second kappa shape index (κ2) is 7.68. The summed E-state index contributed by atoms with van der Waals surface area (Å²) < 4.78 is 25.8. The average molecular weight is 300 g/mol. The van der Waals surface area contributed by atoms with Gasteiger partial charge < -0.3 is 10.4 Å². The summed E-state index contributed by atoms with van der Waals surface area (Å²) in [6.07, 6.45) is 1.04. The monoisotopic (exact) mass is 300 g/mol. The number of nitrogens with one attached hydrogen (secondary N) is 2. The average Bonchev–Trinajstić information content (AvgIpc) is 2.42. The lowest BCUT2D eigenvalue weighted by Crippen LogP contribution is -2.47. The number of hydrogen-bond acceptors (Lipinski definition) is 3. The molecule has 0 fully saturated rings. The van der Waals surface area contributed by atoms with E-state index in [1.54, 1.807) is 0 Å². The van der Waals surface area contributed by atoms with Crippen molar-refractivity contribution in [3.05, 3.63) is 29.8 Å². The lowest BCUT2D eigenvalue weighted by Gasteiger charge is -2.19. The maximum absolute atomic E-state index is 13.0. The highest BCUT2D eigenvalue weighted by molar-refractivity contribution is 5.94. The van der Waals surface area contributed by atoms with Crippen LogP contribution in [-0.4, -0.2) is 29.1 Å². The summed E-state index contributed by atoms with van der Waals surface area (Å²) in [6, 6.07) is 1.37. The van der Waals surface area contributed by atoms with Crippen LogP contribution in [0.15, 0.2) is 18.2 Å². The highest BCUT2D eigenvalue weighted by Crippen LogP contribution is 2.13. The Morgan fingerprint density at radius 3 is 2.48 bits per heavy atom. The Kier molecular flexibility index (Phi) is 6.23. The Hall–Kier alpha value is -2.02. The summed E-state index contributed by atoms with van der Waals surface area (Å²) in [6.45, 7) is 3.34. The molecule has 0 aliphatic rings. The van der Waals surface area contributed by atoms with E-state index in [1.807, 2.05) is 6.92 Å². The van der Waals surface area contributed by atoms with Crippen LogP contribution >= 0.6 is 0 Å². The smallest absolute Gasteiger partial charge is 0.320 e. The van der Waals surface area contributed by atoms with E-state index >= 15 is 0 Å². The van der Waals surface area contributed by atoms with Gasteiger partial charge in [0.25, 0.3) is 0 Å². The van der Waals surface area contributed by atoms with Crippen LogP contribution in [0.1, 0.15) is 26.7 Å². The van der Waals surface area contributed by atoms with Gasteiger partial charge in [-0.1, -0.05) is 13.3 Å². The third kappa shape index (κ3) is 5.11. The van der Waals surface area contributed by atoms with Gasteiger partial charge >= 0.3 is 5.97 Å². The first-order chi connectivity index (χ1) is 9.85. The maximum atomic E-state index is 13.0. The number of rotatable bonds is 7. The van der Waals surface area contributed by atoms with E-state index in [0.29, 0.717) is 12.8 Å². The number of aliphatic carboxylic acids is 1. The minimum absolute atomic E-state index is 0.106. The predicted octanol–water partition coefficient (Wildman–Crippen LogP) is 2.13. The molecule has 0 bridgehead atoms. The SMILES string of the molecule is CCCC(NC(C)C(=O)Nc1ccc(F)c(F)c1)C(=O)O. The number of carboxylic acids is 1. The lowest BCUT2D eigenvalue weighted by molar-refractivity contribution is -0.140. The van der Waals surface area contributed by atoms with Crippen molar-refractivity contribution in [3.63, 3.8) is 0 Å². The Labute approximate surface area is 121 Å². The first-order valence-electron chi connectivity index (χ1n) is 6.60. The Bertz CT molecular complexity index is 523. The molecular formula is C14H18F2N2O3. The molecule has 5 nitrogen and oxygen atoms in total. The van der Waals surface area contributed by atoms with Crippen molar-refractivity contribution < 1.29 is 23.5 Å². The molecule has 0 aliphatic carbocycles. The predicted molar refractivity (Wildman–Crippen MR) is 73.9 cm³/mol. The molecule has 116 valence electrons. The van der Waals surface area contributed by atoms with Crippen molar-refractivity contribution in [2.45, 2.75) is 38.8 Å².